The molecule has 1 aliphatic rings. The molecule has 0 atom stereocenters. The lowest BCUT2D eigenvalue weighted by atomic mass is 10.0. The van der Waals surface area contributed by atoms with Crippen LogP contribution in [0.1, 0.15) is 10.4 Å². The van der Waals surface area contributed by atoms with Crippen molar-refractivity contribution >= 4 is 39.9 Å². The standard InChI is InChI=1S/C26H20ClN3O5/c27-22-16-20(30(33)34)8-9-23(22)28-10-12-29(13-11-28)25(31)19-6-3-5-17(14-19)21-15-18-4-1-2-7-24(18)35-26(21)32/h1-9,14-16H,10-13H2. The Morgan fingerprint density at radius 2 is 1.71 bits per heavy atom. The van der Waals surface area contributed by atoms with Crippen LogP contribution in [0.5, 0.6) is 0 Å². The molecule has 0 unspecified atom stereocenters. The first-order valence-corrected chi connectivity index (χ1v) is 11.4. The van der Waals surface area contributed by atoms with E-state index in [0.717, 1.165) is 5.39 Å². The summed E-state index contributed by atoms with van der Waals surface area (Å²) < 4.78 is 5.44. The van der Waals surface area contributed by atoms with Gasteiger partial charge in [-0.25, -0.2) is 4.79 Å². The Bertz CT molecular complexity index is 1510. The van der Waals surface area contributed by atoms with Crippen molar-refractivity contribution in [1.82, 2.24) is 4.90 Å². The Morgan fingerprint density at radius 3 is 2.46 bits per heavy atom. The zero-order chi connectivity index (χ0) is 24.5. The second-order valence-corrected chi connectivity index (χ2v) is 8.65. The second kappa shape index (κ2) is 9.23. The van der Waals surface area contributed by atoms with Crippen molar-refractivity contribution in [3.63, 3.8) is 0 Å². The zero-order valence-corrected chi connectivity index (χ0v) is 19.3. The lowest BCUT2D eigenvalue weighted by Gasteiger charge is -2.36. The number of piperazine rings is 1. The van der Waals surface area contributed by atoms with Gasteiger partial charge in [-0.1, -0.05) is 41.9 Å². The number of anilines is 1. The maximum atomic E-state index is 13.2. The highest BCUT2D eigenvalue weighted by atomic mass is 35.5. The number of hydrogen-bond donors (Lipinski definition) is 0. The van der Waals surface area contributed by atoms with Crippen LogP contribution in [0.15, 0.2) is 82.0 Å². The minimum atomic E-state index is -0.484. The maximum absolute atomic E-state index is 13.2. The molecule has 9 heteroatoms. The van der Waals surface area contributed by atoms with E-state index in [2.05, 4.69) is 0 Å². The van der Waals surface area contributed by atoms with Crippen molar-refractivity contribution < 1.29 is 14.1 Å². The largest absolute Gasteiger partial charge is 0.422 e. The third-order valence-electron chi connectivity index (χ3n) is 6.11. The molecule has 176 valence electrons. The van der Waals surface area contributed by atoms with Crippen LogP contribution < -0.4 is 10.5 Å². The van der Waals surface area contributed by atoms with Crippen LogP contribution >= 0.6 is 11.6 Å². The van der Waals surface area contributed by atoms with Gasteiger partial charge in [0.2, 0.25) is 0 Å². The summed E-state index contributed by atoms with van der Waals surface area (Å²) in [7, 11) is 0. The predicted octanol–water partition coefficient (Wildman–Crippen LogP) is 4.98. The summed E-state index contributed by atoms with van der Waals surface area (Å²) in [6.07, 6.45) is 0. The smallest absolute Gasteiger partial charge is 0.344 e. The predicted molar refractivity (Wildman–Crippen MR) is 134 cm³/mol. The summed E-state index contributed by atoms with van der Waals surface area (Å²) in [5, 5.41) is 12.1. The Balaban J connectivity index is 1.33. The van der Waals surface area contributed by atoms with Crippen LogP contribution in [-0.4, -0.2) is 41.9 Å². The monoisotopic (exact) mass is 489 g/mol. The minimum absolute atomic E-state index is 0.0621. The van der Waals surface area contributed by atoms with Crippen LogP contribution in [-0.2, 0) is 0 Å². The lowest BCUT2D eigenvalue weighted by Crippen LogP contribution is -2.48. The third-order valence-corrected chi connectivity index (χ3v) is 6.41. The Labute approximate surface area is 205 Å². The number of non-ortho nitro benzene ring substituents is 1. The molecule has 0 bridgehead atoms. The first-order valence-electron chi connectivity index (χ1n) is 11.0. The van der Waals surface area contributed by atoms with Gasteiger partial charge in [-0.2, -0.15) is 0 Å². The van der Waals surface area contributed by atoms with Gasteiger partial charge in [-0.05, 0) is 35.9 Å². The first-order chi connectivity index (χ1) is 16.9. The highest BCUT2D eigenvalue weighted by molar-refractivity contribution is 6.33. The van der Waals surface area contributed by atoms with Crippen LogP contribution in [0.25, 0.3) is 22.1 Å². The molecule has 3 aromatic carbocycles. The van der Waals surface area contributed by atoms with Gasteiger partial charge in [0, 0.05) is 49.3 Å². The summed E-state index contributed by atoms with van der Waals surface area (Å²) in [5.41, 5.74) is 2.20. The van der Waals surface area contributed by atoms with Crippen molar-refractivity contribution in [2.75, 3.05) is 31.1 Å². The van der Waals surface area contributed by atoms with E-state index in [0.29, 0.717) is 59.2 Å². The molecular weight excluding hydrogens is 470 g/mol. The zero-order valence-electron chi connectivity index (χ0n) is 18.5. The van der Waals surface area contributed by atoms with Gasteiger partial charge in [0.1, 0.15) is 5.58 Å². The average Bonchev–Trinajstić information content (AvgIpc) is 2.88. The lowest BCUT2D eigenvalue weighted by molar-refractivity contribution is -0.384. The highest BCUT2D eigenvalue weighted by Gasteiger charge is 2.24. The molecule has 0 aliphatic carbocycles. The normalized spacial score (nSPS) is 13.7. The van der Waals surface area contributed by atoms with E-state index in [1.807, 2.05) is 17.0 Å². The SMILES string of the molecule is O=C(c1cccc(-c2cc3ccccc3oc2=O)c1)N1CCN(c2ccc([N+](=O)[O-])cc2Cl)CC1. The molecule has 1 amide bonds. The number of fused-ring (bicyclic) bond motifs is 1. The topological polar surface area (TPSA) is 96.9 Å². The summed E-state index contributed by atoms with van der Waals surface area (Å²) >= 11 is 6.27. The van der Waals surface area contributed by atoms with E-state index < -0.39 is 10.5 Å². The molecule has 8 nitrogen and oxygen atoms in total. The molecule has 35 heavy (non-hydrogen) atoms. The maximum Gasteiger partial charge on any atom is 0.344 e. The van der Waals surface area contributed by atoms with Crippen LogP contribution in [0.2, 0.25) is 5.02 Å². The molecule has 1 aromatic heterocycles. The molecule has 0 radical (unpaired) electrons. The van der Waals surface area contributed by atoms with E-state index >= 15 is 0 Å². The Morgan fingerprint density at radius 1 is 0.943 bits per heavy atom. The molecular formula is C26H20ClN3O5. The van der Waals surface area contributed by atoms with Gasteiger partial charge in [0.05, 0.1) is 21.2 Å². The minimum Gasteiger partial charge on any atom is -0.422 e. The van der Waals surface area contributed by atoms with Crippen molar-refractivity contribution in [2.24, 2.45) is 0 Å². The number of carbonyl (C=O) groups is 1. The number of para-hydroxylation sites is 1. The molecule has 2 heterocycles. The number of hydrogen-bond acceptors (Lipinski definition) is 6. The highest BCUT2D eigenvalue weighted by Crippen LogP contribution is 2.31. The molecule has 0 spiro atoms. The van der Waals surface area contributed by atoms with E-state index in [1.165, 1.54) is 12.1 Å². The number of nitro groups is 1. The Kier molecular flexibility index (Phi) is 5.96. The van der Waals surface area contributed by atoms with Crippen LogP contribution in [0, 0.1) is 10.1 Å². The van der Waals surface area contributed by atoms with Crippen molar-refractivity contribution in [2.45, 2.75) is 0 Å². The van der Waals surface area contributed by atoms with E-state index in [9.17, 15) is 19.7 Å². The molecule has 4 aromatic rings. The summed E-state index contributed by atoms with van der Waals surface area (Å²) in [6.45, 7) is 2.01. The van der Waals surface area contributed by atoms with E-state index in [1.54, 1.807) is 53.4 Å². The first kappa shape index (κ1) is 22.6. The number of nitrogens with zero attached hydrogens (tertiary/aromatic N) is 3. The van der Waals surface area contributed by atoms with Gasteiger partial charge >= 0.3 is 5.63 Å². The molecule has 1 aliphatic heterocycles. The number of amides is 1. The third kappa shape index (κ3) is 4.48. The Hall–Kier alpha value is -4.17. The fourth-order valence-electron chi connectivity index (χ4n) is 4.28. The number of nitro benzene ring substituents is 1. The molecule has 0 N–H and O–H groups in total. The van der Waals surface area contributed by atoms with Crippen molar-refractivity contribution in [3.05, 3.63) is 104 Å². The molecule has 1 fully saturated rings. The van der Waals surface area contributed by atoms with Gasteiger partial charge in [0.25, 0.3) is 11.6 Å². The summed E-state index contributed by atoms with van der Waals surface area (Å²) in [4.78, 5) is 40.0. The molecule has 5 rings (SSSR count). The van der Waals surface area contributed by atoms with Crippen LogP contribution in [0.3, 0.4) is 0 Å². The number of rotatable bonds is 4. The van der Waals surface area contributed by atoms with Crippen LogP contribution in [0.4, 0.5) is 11.4 Å². The van der Waals surface area contributed by atoms with E-state index in [4.69, 9.17) is 16.0 Å². The van der Waals surface area contributed by atoms with Gasteiger partial charge in [-0.15, -0.1) is 0 Å². The van der Waals surface area contributed by atoms with Crippen molar-refractivity contribution in [3.8, 4) is 11.1 Å². The number of carbonyl (C=O) groups excluding carboxylic acids is 1. The quantitative estimate of drug-likeness (QED) is 0.228. The fourth-order valence-corrected chi connectivity index (χ4v) is 4.58. The summed E-state index contributed by atoms with van der Waals surface area (Å²) in [6, 6.07) is 20.4. The molecule has 0 saturated carbocycles. The van der Waals surface area contributed by atoms with Gasteiger partial charge in [0.15, 0.2) is 0 Å². The summed E-state index contributed by atoms with van der Waals surface area (Å²) in [5.74, 6) is -0.133. The van der Waals surface area contributed by atoms with Gasteiger partial charge < -0.3 is 14.2 Å². The average molecular weight is 490 g/mol. The number of benzene rings is 3. The second-order valence-electron chi connectivity index (χ2n) is 8.24. The van der Waals surface area contributed by atoms with E-state index in [-0.39, 0.29) is 11.6 Å². The van der Waals surface area contributed by atoms with Gasteiger partial charge in [-0.3, -0.25) is 14.9 Å². The number of halogens is 1. The molecule has 1 saturated heterocycles. The van der Waals surface area contributed by atoms with Crippen molar-refractivity contribution in [1.29, 1.82) is 0 Å². The fraction of sp³-hybridized carbons (Fsp3) is 0.154.